The highest BCUT2D eigenvalue weighted by Gasteiger charge is 2.33. The second kappa shape index (κ2) is 7.89. The number of methoxy groups -OCH3 is 2. The minimum absolute atomic E-state index is 0.0914. The molecule has 5 heteroatoms. The van der Waals surface area contributed by atoms with Crippen LogP contribution in [0.25, 0.3) is 10.9 Å². The molecule has 28 heavy (non-hydrogen) atoms. The fourth-order valence-corrected chi connectivity index (χ4v) is 4.11. The van der Waals surface area contributed by atoms with Crippen LogP contribution in [0.1, 0.15) is 36.4 Å². The van der Waals surface area contributed by atoms with E-state index in [9.17, 15) is 4.79 Å². The Labute approximate surface area is 164 Å². The number of likely N-dealkylation sites (tertiary alicyclic amines) is 1. The molecule has 0 aliphatic carbocycles. The Morgan fingerprint density at radius 2 is 1.75 bits per heavy atom. The van der Waals surface area contributed by atoms with E-state index in [2.05, 4.69) is 4.98 Å². The Balaban J connectivity index is 1.77. The highest BCUT2D eigenvalue weighted by molar-refractivity contribution is 5.83. The third-order valence-electron chi connectivity index (χ3n) is 5.42. The van der Waals surface area contributed by atoms with Crippen molar-refractivity contribution in [1.29, 1.82) is 0 Å². The number of hydrogen-bond acceptors (Lipinski definition) is 4. The molecule has 4 rings (SSSR count). The molecular weight excluding hydrogens is 352 g/mol. The molecule has 0 bridgehead atoms. The first-order valence-electron chi connectivity index (χ1n) is 9.56. The molecule has 0 saturated carbocycles. The largest absolute Gasteiger partial charge is 0.496 e. The molecule has 1 aliphatic heterocycles. The van der Waals surface area contributed by atoms with Crippen LogP contribution in [0, 0.1) is 0 Å². The molecule has 1 atom stereocenters. The lowest BCUT2D eigenvalue weighted by molar-refractivity contribution is -0.137. The van der Waals surface area contributed by atoms with Crippen LogP contribution < -0.4 is 9.47 Å². The van der Waals surface area contributed by atoms with Crippen molar-refractivity contribution in [2.75, 3.05) is 14.2 Å². The van der Waals surface area contributed by atoms with Crippen molar-refractivity contribution in [3.8, 4) is 11.5 Å². The molecule has 1 unspecified atom stereocenters. The van der Waals surface area contributed by atoms with Gasteiger partial charge in [-0.1, -0.05) is 30.3 Å². The van der Waals surface area contributed by atoms with Crippen LogP contribution in [0.15, 0.2) is 54.7 Å². The molecule has 0 spiro atoms. The second-order valence-corrected chi connectivity index (χ2v) is 7.00. The van der Waals surface area contributed by atoms with Crippen molar-refractivity contribution >= 4 is 16.8 Å². The lowest BCUT2D eigenvalue weighted by atomic mass is 9.92. The van der Waals surface area contributed by atoms with Crippen molar-refractivity contribution in [3.05, 3.63) is 65.9 Å². The van der Waals surface area contributed by atoms with Crippen LogP contribution >= 0.6 is 0 Å². The van der Waals surface area contributed by atoms with Crippen molar-refractivity contribution in [2.24, 2.45) is 0 Å². The quantitative estimate of drug-likeness (QED) is 0.658. The summed E-state index contributed by atoms with van der Waals surface area (Å²) in [4.78, 5) is 19.4. The van der Waals surface area contributed by atoms with Gasteiger partial charge in [-0.05, 0) is 36.6 Å². The van der Waals surface area contributed by atoms with E-state index in [4.69, 9.17) is 9.47 Å². The Kier molecular flexibility index (Phi) is 5.15. The number of carbonyl (C=O) groups excluding carboxylic acids is 1. The molecule has 0 radical (unpaired) electrons. The molecular formula is C23H24N2O3. The van der Waals surface area contributed by atoms with Gasteiger partial charge in [0.05, 0.1) is 31.3 Å². The molecule has 5 nitrogen and oxygen atoms in total. The van der Waals surface area contributed by atoms with Gasteiger partial charge in [0.1, 0.15) is 11.5 Å². The number of benzene rings is 2. The van der Waals surface area contributed by atoms with E-state index in [1.165, 1.54) is 0 Å². The van der Waals surface area contributed by atoms with Crippen molar-refractivity contribution in [3.63, 3.8) is 0 Å². The molecule has 1 amide bonds. The number of carbonyl (C=O) groups is 1. The highest BCUT2D eigenvalue weighted by Crippen LogP contribution is 2.42. The first kappa shape index (κ1) is 18.3. The molecule has 3 aromatic rings. The fraction of sp³-hybridized carbons (Fsp3) is 0.304. The summed E-state index contributed by atoms with van der Waals surface area (Å²) in [6, 6.07) is 15.8. The van der Waals surface area contributed by atoms with E-state index >= 15 is 0 Å². The Bertz CT molecular complexity index is 975. The number of nitrogens with zero attached hydrogens (tertiary/aromatic N) is 2. The summed E-state index contributed by atoms with van der Waals surface area (Å²) in [5, 5.41) is 1.08. The SMILES string of the molecule is COc1cccc(OC)c1C1CCCC(=O)N1Cc1cccc2cccnc12. The van der Waals surface area contributed by atoms with Crippen LogP contribution in [0.2, 0.25) is 0 Å². The summed E-state index contributed by atoms with van der Waals surface area (Å²) in [7, 11) is 3.31. The summed E-state index contributed by atoms with van der Waals surface area (Å²) in [5.41, 5.74) is 2.93. The van der Waals surface area contributed by atoms with Crippen LogP contribution in [0.4, 0.5) is 0 Å². The fourth-order valence-electron chi connectivity index (χ4n) is 4.11. The van der Waals surface area contributed by atoms with Gasteiger partial charge in [-0.3, -0.25) is 9.78 Å². The molecule has 144 valence electrons. The highest BCUT2D eigenvalue weighted by atomic mass is 16.5. The van der Waals surface area contributed by atoms with E-state index in [1.54, 1.807) is 20.4 Å². The maximum atomic E-state index is 12.9. The molecule has 1 saturated heterocycles. The lowest BCUT2D eigenvalue weighted by Gasteiger charge is -2.37. The van der Waals surface area contributed by atoms with Gasteiger partial charge in [0, 0.05) is 24.5 Å². The van der Waals surface area contributed by atoms with Gasteiger partial charge in [-0.15, -0.1) is 0 Å². The number of rotatable bonds is 5. The smallest absolute Gasteiger partial charge is 0.223 e. The topological polar surface area (TPSA) is 51.7 Å². The monoisotopic (exact) mass is 376 g/mol. The standard InChI is InChI=1S/C23H24N2O3/c1-27-19-11-5-12-20(28-2)22(19)18-10-4-13-21(26)25(18)15-17-8-3-7-16-9-6-14-24-23(16)17/h3,5-9,11-12,14,18H,4,10,13,15H2,1-2H3. The maximum absolute atomic E-state index is 12.9. The first-order valence-corrected chi connectivity index (χ1v) is 9.56. The summed E-state index contributed by atoms with van der Waals surface area (Å²) >= 11 is 0. The minimum atomic E-state index is -0.0914. The van der Waals surface area contributed by atoms with E-state index in [-0.39, 0.29) is 11.9 Å². The Hall–Kier alpha value is -3.08. The first-order chi connectivity index (χ1) is 13.7. The predicted molar refractivity (Wildman–Crippen MR) is 108 cm³/mol. The number of aromatic nitrogens is 1. The van der Waals surface area contributed by atoms with Crippen molar-refractivity contribution < 1.29 is 14.3 Å². The molecule has 2 aromatic carbocycles. The third kappa shape index (κ3) is 3.28. The molecule has 0 N–H and O–H groups in total. The number of hydrogen-bond donors (Lipinski definition) is 0. The molecule has 2 heterocycles. The zero-order chi connectivity index (χ0) is 19.5. The van der Waals surface area contributed by atoms with Crippen molar-refractivity contribution in [2.45, 2.75) is 31.8 Å². The van der Waals surface area contributed by atoms with Gasteiger partial charge in [-0.2, -0.15) is 0 Å². The van der Waals surface area contributed by atoms with Gasteiger partial charge in [0.25, 0.3) is 0 Å². The maximum Gasteiger partial charge on any atom is 0.223 e. The summed E-state index contributed by atoms with van der Waals surface area (Å²) < 4.78 is 11.2. The minimum Gasteiger partial charge on any atom is -0.496 e. The number of fused-ring (bicyclic) bond motifs is 1. The lowest BCUT2D eigenvalue weighted by Crippen LogP contribution is -2.38. The summed E-state index contributed by atoms with van der Waals surface area (Å²) in [5.74, 6) is 1.65. The van der Waals surface area contributed by atoms with Gasteiger partial charge in [0.15, 0.2) is 0 Å². The van der Waals surface area contributed by atoms with Crippen LogP contribution in [0.5, 0.6) is 11.5 Å². The third-order valence-corrected chi connectivity index (χ3v) is 5.42. The number of pyridine rings is 1. The zero-order valence-electron chi connectivity index (χ0n) is 16.2. The van der Waals surface area contributed by atoms with E-state index in [0.717, 1.165) is 46.4 Å². The normalized spacial score (nSPS) is 17.0. The van der Waals surface area contributed by atoms with Gasteiger partial charge >= 0.3 is 0 Å². The number of piperidine rings is 1. The number of para-hydroxylation sites is 1. The van der Waals surface area contributed by atoms with E-state index in [0.29, 0.717) is 13.0 Å². The number of amides is 1. The number of ether oxygens (including phenoxy) is 2. The van der Waals surface area contributed by atoms with Crippen molar-refractivity contribution in [1.82, 2.24) is 9.88 Å². The van der Waals surface area contributed by atoms with E-state index < -0.39 is 0 Å². The second-order valence-electron chi connectivity index (χ2n) is 7.00. The zero-order valence-corrected chi connectivity index (χ0v) is 16.2. The predicted octanol–water partition coefficient (Wildman–Crippen LogP) is 4.51. The molecule has 1 aliphatic rings. The van der Waals surface area contributed by atoms with Gasteiger partial charge < -0.3 is 14.4 Å². The van der Waals surface area contributed by atoms with Gasteiger partial charge in [-0.25, -0.2) is 0 Å². The average molecular weight is 376 g/mol. The van der Waals surface area contributed by atoms with Crippen LogP contribution in [0.3, 0.4) is 0 Å². The van der Waals surface area contributed by atoms with Crippen LogP contribution in [-0.4, -0.2) is 30.0 Å². The Morgan fingerprint density at radius 1 is 1.04 bits per heavy atom. The van der Waals surface area contributed by atoms with Gasteiger partial charge in [0.2, 0.25) is 5.91 Å². The van der Waals surface area contributed by atoms with Crippen LogP contribution in [-0.2, 0) is 11.3 Å². The average Bonchev–Trinajstić information content (AvgIpc) is 2.74. The van der Waals surface area contributed by atoms with E-state index in [1.807, 2.05) is 53.4 Å². The summed E-state index contributed by atoms with van der Waals surface area (Å²) in [6.45, 7) is 0.513. The summed E-state index contributed by atoms with van der Waals surface area (Å²) in [6.07, 6.45) is 4.09. The Morgan fingerprint density at radius 3 is 2.50 bits per heavy atom. The molecule has 1 fully saturated rings. The molecule has 1 aromatic heterocycles.